The highest BCUT2D eigenvalue weighted by molar-refractivity contribution is 6.09. The van der Waals surface area contributed by atoms with Crippen LogP contribution in [0.3, 0.4) is 0 Å². The fourth-order valence-corrected chi connectivity index (χ4v) is 4.62. The first-order valence-electron chi connectivity index (χ1n) is 11.0. The van der Waals surface area contributed by atoms with Crippen molar-refractivity contribution in [1.29, 1.82) is 0 Å². The lowest BCUT2D eigenvalue weighted by Crippen LogP contribution is -2.01. The number of H-pyrrole nitrogens is 1. The van der Waals surface area contributed by atoms with Crippen LogP contribution in [-0.2, 0) is 6.42 Å². The molecule has 1 aromatic carbocycles. The van der Waals surface area contributed by atoms with Crippen LogP contribution in [0.1, 0.15) is 59.8 Å². The number of fused-ring (bicyclic) bond motifs is 3. The number of nitrogens with zero attached hydrogens (tertiary/aromatic N) is 4. The van der Waals surface area contributed by atoms with E-state index < -0.39 is 0 Å². The summed E-state index contributed by atoms with van der Waals surface area (Å²) in [6.45, 7) is 11.9. The van der Waals surface area contributed by atoms with E-state index in [1.165, 1.54) is 0 Å². The number of methoxy groups -OCH3 is 1. The Morgan fingerprint density at radius 3 is 2.42 bits per heavy atom. The van der Waals surface area contributed by atoms with Gasteiger partial charge in [0.1, 0.15) is 28.7 Å². The molecule has 4 heterocycles. The smallest absolute Gasteiger partial charge is 0.143 e. The molecule has 0 radical (unpaired) electrons. The summed E-state index contributed by atoms with van der Waals surface area (Å²) in [5.41, 5.74) is 7.34. The van der Waals surface area contributed by atoms with Crippen LogP contribution in [0, 0.1) is 27.7 Å². The molecule has 0 spiro atoms. The van der Waals surface area contributed by atoms with Crippen LogP contribution in [0.5, 0.6) is 5.75 Å². The molecule has 4 aromatic heterocycles. The zero-order chi connectivity index (χ0) is 23.4. The van der Waals surface area contributed by atoms with Gasteiger partial charge in [-0.3, -0.25) is 0 Å². The van der Waals surface area contributed by atoms with Crippen molar-refractivity contribution in [2.45, 2.75) is 53.9 Å². The minimum atomic E-state index is 0.236. The lowest BCUT2D eigenvalue weighted by atomic mass is 9.98. The Hall–Kier alpha value is -3.68. The van der Waals surface area contributed by atoms with E-state index in [0.717, 1.165) is 73.0 Å². The summed E-state index contributed by atoms with van der Waals surface area (Å²) >= 11 is 0. The standard InChI is InChI=1S/C25H27N5O3/c1-11(2)24-16(12(3)29-33-24)8-20-23-17-10-21(31-7)18(22-13(4)30-32-14(22)5)9-19(17)28-25(23)27-15(6)26-20/h9-11H,8H2,1-7H3,(H,26,27,28). The number of aromatic amines is 1. The number of hydrogen-bond acceptors (Lipinski definition) is 7. The first-order chi connectivity index (χ1) is 15.8. The molecule has 0 amide bonds. The Morgan fingerprint density at radius 2 is 1.76 bits per heavy atom. The van der Waals surface area contributed by atoms with Crippen LogP contribution >= 0.6 is 0 Å². The Morgan fingerprint density at radius 1 is 1.00 bits per heavy atom. The first kappa shape index (κ1) is 21.2. The van der Waals surface area contributed by atoms with Crippen molar-refractivity contribution in [3.8, 4) is 16.9 Å². The van der Waals surface area contributed by atoms with Crippen molar-refractivity contribution in [1.82, 2.24) is 25.3 Å². The Kier molecular flexibility index (Phi) is 4.96. The molecule has 170 valence electrons. The first-order valence-corrected chi connectivity index (χ1v) is 11.0. The Balaban J connectivity index is 1.76. The molecule has 0 aliphatic heterocycles. The predicted molar refractivity (Wildman–Crippen MR) is 126 cm³/mol. The van der Waals surface area contributed by atoms with E-state index in [9.17, 15) is 0 Å². The van der Waals surface area contributed by atoms with Gasteiger partial charge in [-0.25, -0.2) is 9.97 Å². The molecule has 0 saturated carbocycles. The summed E-state index contributed by atoms with van der Waals surface area (Å²) in [4.78, 5) is 13.0. The van der Waals surface area contributed by atoms with E-state index in [1.54, 1.807) is 7.11 Å². The summed E-state index contributed by atoms with van der Waals surface area (Å²) in [5.74, 6) is 3.34. The van der Waals surface area contributed by atoms with Crippen molar-refractivity contribution in [3.63, 3.8) is 0 Å². The number of nitrogens with one attached hydrogen (secondary N) is 1. The lowest BCUT2D eigenvalue weighted by molar-refractivity contribution is 0.366. The molecule has 0 bridgehead atoms. The average molecular weight is 446 g/mol. The van der Waals surface area contributed by atoms with E-state index in [2.05, 4.69) is 40.2 Å². The minimum absolute atomic E-state index is 0.236. The molecule has 5 aromatic rings. The second-order valence-corrected chi connectivity index (χ2v) is 8.81. The third kappa shape index (κ3) is 3.37. The topological polar surface area (TPSA) is 103 Å². The van der Waals surface area contributed by atoms with E-state index in [0.29, 0.717) is 12.2 Å². The summed E-state index contributed by atoms with van der Waals surface area (Å²) in [6.07, 6.45) is 0.615. The normalized spacial score (nSPS) is 11.9. The maximum absolute atomic E-state index is 5.80. The molecular formula is C25H27N5O3. The Bertz CT molecular complexity index is 1490. The second-order valence-electron chi connectivity index (χ2n) is 8.81. The van der Waals surface area contributed by atoms with Crippen LogP contribution in [0.15, 0.2) is 21.2 Å². The molecule has 5 rings (SSSR count). The SMILES string of the molecule is COc1cc2c(cc1-c1c(C)noc1C)[nH]c1nc(C)nc(Cc3c(C)noc3C(C)C)c12. The van der Waals surface area contributed by atoms with E-state index in [1.807, 2.05) is 33.8 Å². The van der Waals surface area contributed by atoms with Crippen molar-refractivity contribution >= 4 is 21.9 Å². The Labute approximate surface area is 191 Å². The number of aromatic nitrogens is 5. The van der Waals surface area contributed by atoms with Gasteiger partial charge in [0.2, 0.25) is 0 Å². The second kappa shape index (κ2) is 7.72. The number of benzene rings is 1. The molecule has 0 aliphatic rings. The molecule has 8 heteroatoms. The van der Waals surface area contributed by atoms with Crippen LogP contribution in [-0.4, -0.2) is 32.4 Å². The van der Waals surface area contributed by atoms with Crippen LogP contribution in [0.2, 0.25) is 0 Å². The minimum Gasteiger partial charge on any atom is -0.496 e. The number of hydrogen-bond donors (Lipinski definition) is 1. The monoisotopic (exact) mass is 445 g/mol. The van der Waals surface area contributed by atoms with Crippen molar-refractivity contribution in [2.24, 2.45) is 0 Å². The highest BCUT2D eigenvalue weighted by Gasteiger charge is 2.23. The number of aryl methyl sites for hydroxylation is 4. The molecule has 0 unspecified atom stereocenters. The summed E-state index contributed by atoms with van der Waals surface area (Å²) < 4.78 is 16.8. The highest BCUT2D eigenvalue weighted by atomic mass is 16.5. The fourth-order valence-electron chi connectivity index (χ4n) is 4.62. The van der Waals surface area contributed by atoms with Gasteiger partial charge in [-0.05, 0) is 39.8 Å². The largest absolute Gasteiger partial charge is 0.496 e. The van der Waals surface area contributed by atoms with E-state index >= 15 is 0 Å². The van der Waals surface area contributed by atoms with Crippen molar-refractivity contribution in [2.75, 3.05) is 7.11 Å². The molecule has 1 N–H and O–H groups in total. The van der Waals surface area contributed by atoms with Gasteiger partial charge in [-0.1, -0.05) is 24.2 Å². The van der Waals surface area contributed by atoms with E-state index in [4.69, 9.17) is 18.8 Å². The zero-order valence-electron chi connectivity index (χ0n) is 20.0. The van der Waals surface area contributed by atoms with Gasteiger partial charge in [-0.15, -0.1) is 0 Å². The molecule has 0 fully saturated rings. The number of ether oxygens (including phenoxy) is 1. The van der Waals surface area contributed by atoms with Gasteiger partial charge in [0.05, 0.1) is 29.8 Å². The average Bonchev–Trinajstić information content (AvgIpc) is 3.41. The quantitative estimate of drug-likeness (QED) is 0.369. The maximum Gasteiger partial charge on any atom is 0.143 e. The molecule has 0 saturated heterocycles. The van der Waals surface area contributed by atoms with Crippen molar-refractivity contribution < 1.29 is 13.8 Å². The van der Waals surface area contributed by atoms with Gasteiger partial charge in [0.25, 0.3) is 0 Å². The molecule has 0 aliphatic carbocycles. The summed E-state index contributed by atoms with van der Waals surface area (Å²) in [5, 5.41) is 10.3. The maximum atomic E-state index is 5.80. The van der Waals surface area contributed by atoms with Gasteiger partial charge in [-0.2, -0.15) is 0 Å². The number of rotatable bonds is 5. The predicted octanol–water partition coefficient (Wildman–Crippen LogP) is 5.71. The summed E-state index contributed by atoms with van der Waals surface area (Å²) in [7, 11) is 1.68. The fraction of sp³-hybridized carbons (Fsp3) is 0.360. The lowest BCUT2D eigenvalue weighted by Gasteiger charge is -2.10. The van der Waals surface area contributed by atoms with E-state index in [-0.39, 0.29) is 5.92 Å². The molecular weight excluding hydrogens is 418 g/mol. The highest BCUT2D eigenvalue weighted by Crippen LogP contribution is 2.40. The van der Waals surface area contributed by atoms with Crippen LogP contribution < -0.4 is 4.74 Å². The van der Waals surface area contributed by atoms with Crippen LogP contribution in [0.25, 0.3) is 33.1 Å². The van der Waals surface area contributed by atoms with Gasteiger partial charge >= 0.3 is 0 Å². The third-order valence-corrected chi connectivity index (χ3v) is 6.14. The van der Waals surface area contributed by atoms with Crippen molar-refractivity contribution in [3.05, 3.63) is 52.1 Å². The van der Waals surface area contributed by atoms with Gasteiger partial charge in [0, 0.05) is 39.8 Å². The van der Waals surface area contributed by atoms with Gasteiger partial charge < -0.3 is 18.8 Å². The third-order valence-electron chi connectivity index (χ3n) is 6.14. The van der Waals surface area contributed by atoms with Crippen LogP contribution in [0.4, 0.5) is 0 Å². The molecule has 33 heavy (non-hydrogen) atoms. The zero-order valence-corrected chi connectivity index (χ0v) is 20.0. The molecule has 8 nitrogen and oxygen atoms in total. The molecule has 0 atom stereocenters. The summed E-state index contributed by atoms with van der Waals surface area (Å²) in [6, 6.07) is 4.12. The van der Waals surface area contributed by atoms with Gasteiger partial charge in [0.15, 0.2) is 0 Å².